The van der Waals surface area contributed by atoms with Crippen LogP contribution in [0.25, 0.3) is 0 Å². The van der Waals surface area contributed by atoms with Crippen LogP contribution in [0.1, 0.15) is 10.6 Å². The highest BCUT2D eigenvalue weighted by Crippen LogP contribution is 2.26. The van der Waals surface area contributed by atoms with E-state index in [1.165, 1.54) is 24.3 Å². The van der Waals surface area contributed by atoms with Gasteiger partial charge in [-0.15, -0.1) is 0 Å². The fraction of sp³-hybridized carbons (Fsp3) is 0.0833. The molecule has 0 fully saturated rings. The van der Waals surface area contributed by atoms with Gasteiger partial charge in [-0.05, 0) is 18.2 Å². The lowest BCUT2D eigenvalue weighted by Crippen LogP contribution is -2.13. The van der Waals surface area contributed by atoms with E-state index >= 15 is 0 Å². The van der Waals surface area contributed by atoms with Gasteiger partial charge in [0.15, 0.2) is 5.76 Å². The van der Waals surface area contributed by atoms with E-state index in [4.69, 9.17) is 4.42 Å². The minimum Gasteiger partial charge on any atom is -0.433 e. The summed E-state index contributed by atoms with van der Waals surface area (Å²) in [6, 6.07) is 7.64. The average molecular weight is 298 g/mol. The molecule has 0 unspecified atom stereocenters. The molecule has 0 aliphatic heterocycles. The van der Waals surface area contributed by atoms with Crippen molar-refractivity contribution >= 4 is 17.5 Å². The number of amides is 1. The fourth-order valence-electron chi connectivity index (χ4n) is 1.50. The molecule has 0 aliphatic carbocycles. The van der Waals surface area contributed by atoms with E-state index < -0.39 is 23.3 Å². The highest BCUT2D eigenvalue weighted by atomic mass is 19.3. The van der Waals surface area contributed by atoms with Crippen molar-refractivity contribution in [3.05, 3.63) is 52.3 Å². The number of carbonyl (C=O) groups is 1. The number of furan rings is 1. The molecule has 1 aromatic carbocycles. The van der Waals surface area contributed by atoms with E-state index in [1.807, 2.05) is 0 Å². The Bertz CT molecular complexity index is 671. The van der Waals surface area contributed by atoms with E-state index in [-0.39, 0.29) is 17.2 Å². The zero-order chi connectivity index (χ0) is 15.4. The number of nitrogens with zero attached hydrogens (tertiary/aromatic N) is 1. The number of carbonyl (C=O) groups excluding carboxylic acids is 1. The molecule has 0 bridgehead atoms. The van der Waals surface area contributed by atoms with Crippen molar-refractivity contribution in [2.24, 2.45) is 0 Å². The first kappa shape index (κ1) is 14.4. The molecule has 110 valence electrons. The van der Waals surface area contributed by atoms with Gasteiger partial charge in [-0.2, -0.15) is 8.78 Å². The third-order valence-corrected chi connectivity index (χ3v) is 2.35. The van der Waals surface area contributed by atoms with Crippen molar-refractivity contribution in [1.82, 2.24) is 0 Å². The lowest BCUT2D eigenvalue weighted by Gasteiger charge is -2.10. The van der Waals surface area contributed by atoms with Gasteiger partial charge in [-0.25, -0.2) is 0 Å². The van der Waals surface area contributed by atoms with Gasteiger partial charge in [0.2, 0.25) is 0 Å². The van der Waals surface area contributed by atoms with Crippen LogP contribution in [0.15, 0.2) is 40.8 Å². The number of halogens is 2. The first-order valence-corrected chi connectivity index (χ1v) is 5.57. The van der Waals surface area contributed by atoms with E-state index in [9.17, 15) is 23.7 Å². The predicted molar refractivity (Wildman–Crippen MR) is 66.4 cm³/mol. The molecule has 0 saturated heterocycles. The van der Waals surface area contributed by atoms with Gasteiger partial charge < -0.3 is 14.5 Å². The Morgan fingerprint density at radius 3 is 2.62 bits per heavy atom. The molecular weight excluding hydrogens is 290 g/mol. The monoisotopic (exact) mass is 298 g/mol. The number of nitro groups is 1. The fourth-order valence-corrected chi connectivity index (χ4v) is 1.50. The molecule has 1 heterocycles. The maximum atomic E-state index is 12.2. The molecule has 1 amide bonds. The molecule has 0 saturated carbocycles. The number of alkyl halides is 2. The van der Waals surface area contributed by atoms with Crippen LogP contribution >= 0.6 is 0 Å². The SMILES string of the molecule is O=C(Nc1ccccc1OC(F)F)c1ccc([N+](=O)[O-])o1. The van der Waals surface area contributed by atoms with E-state index in [2.05, 4.69) is 10.1 Å². The first-order chi connectivity index (χ1) is 9.97. The standard InChI is InChI=1S/C12H8F2N2O5/c13-12(14)21-8-4-2-1-3-7(8)15-11(17)9-5-6-10(20-9)16(18)19/h1-6,12H,(H,15,17). The van der Waals surface area contributed by atoms with Crippen molar-refractivity contribution in [2.45, 2.75) is 6.61 Å². The van der Waals surface area contributed by atoms with Crippen LogP contribution in [0.2, 0.25) is 0 Å². The minimum absolute atomic E-state index is 0.0122. The van der Waals surface area contributed by atoms with Gasteiger partial charge in [-0.1, -0.05) is 12.1 Å². The van der Waals surface area contributed by atoms with Crippen molar-refractivity contribution < 1.29 is 27.7 Å². The Balaban J connectivity index is 2.17. The maximum Gasteiger partial charge on any atom is 0.433 e. The Labute approximate surface area is 116 Å². The molecule has 0 radical (unpaired) electrons. The van der Waals surface area contributed by atoms with Gasteiger partial charge in [-0.3, -0.25) is 14.9 Å². The van der Waals surface area contributed by atoms with Gasteiger partial charge in [0, 0.05) is 0 Å². The highest BCUT2D eigenvalue weighted by Gasteiger charge is 2.19. The molecular formula is C12H8F2N2O5. The Morgan fingerprint density at radius 1 is 1.29 bits per heavy atom. The first-order valence-electron chi connectivity index (χ1n) is 5.57. The summed E-state index contributed by atoms with van der Waals surface area (Å²) in [5.74, 6) is -1.99. The van der Waals surface area contributed by atoms with Crippen LogP contribution < -0.4 is 10.1 Å². The number of nitrogens with one attached hydrogen (secondary N) is 1. The summed E-state index contributed by atoms with van der Waals surface area (Å²) in [5, 5.41) is 12.7. The summed E-state index contributed by atoms with van der Waals surface area (Å²) in [5.41, 5.74) is -0.0122. The summed E-state index contributed by atoms with van der Waals surface area (Å²) < 4.78 is 33.4. The van der Waals surface area contributed by atoms with Gasteiger partial charge >= 0.3 is 12.5 Å². The molecule has 0 aliphatic rings. The third-order valence-electron chi connectivity index (χ3n) is 2.35. The second kappa shape index (κ2) is 5.99. The van der Waals surface area contributed by atoms with Crippen molar-refractivity contribution in [1.29, 1.82) is 0 Å². The zero-order valence-electron chi connectivity index (χ0n) is 10.3. The summed E-state index contributed by atoms with van der Waals surface area (Å²) >= 11 is 0. The van der Waals surface area contributed by atoms with Crippen molar-refractivity contribution in [2.75, 3.05) is 5.32 Å². The number of hydrogen-bond acceptors (Lipinski definition) is 5. The van der Waals surface area contributed by atoms with Gasteiger partial charge in [0.25, 0.3) is 5.91 Å². The smallest absolute Gasteiger partial charge is 0.433 e. The molecule has 2 rings (SSSR count). The lowest BCUT2D eigenvalue weighted by atomic mass is 10.3. The summed E-state index contributed by atoms with van der Waals surface area (Å²) in [6.07, 6.45) is 0. The second-order valence-corrected chi connectivity index (χ2v) is 3.72. The molecule has 7 nitrogen and oxygen atoms in total. The summed E-state index contributed by atoms with van der Waals surface area (Å²) in [7, 11) is 0. The average Bonchev–Trinajstić information content (AvgIpc) is 2.90. The number of anilines is 1. The number of hydrogen-bond donors (Lipinski definition) is 1. The molecule has 0 atom stereocenters. The quantitative estimate of drug-likeness (QED) is 0.676. The van der Waals surface area contributed by atoms with Crippen molar-refractivity contribution in [3.8, 4) is 5.75 Å². The molecule has 2 aromatic rings. The number of rotatable bonds is 5. The van der Waals surface area contributed by atoms with E-state index in [1.54, 1.807) is 0 Å². The predicted octanol–water partition coefficient (Wildman–Crippen LogP) is 3.04. The van der Waals surface area contributed by atoms with Crippen LogP contribution in [0.3, 0.4) is 0 Å². The topological polar surface area (TPSA) is 94.6 Å². The zero-order valence-corrected chi connectivity index (χ0v) is 10.3. The largest absolute Gasteiger partial charge is 0.433 e. The summed E-state index contributed by atoms with van der Waals surface area (Å²) in [6.45, 7) is -3.05. The van der Waals surface area contributed by atoms with Crippen LogP contribution in [0.4, 0.5) is 20.4 Å². The number of ether oxygens (including phenoxy) is 1. The van der Waals surface area contributed by atoms with Crippen LogP contribution in [0.5, 0.6) is 5.75 Å². The van der Waals surface area contributed by atoms with Crippen LogP contribution in [-0.2, 0) is 0 Å². The molecule has 1 N–H and O–H groups in total. The molecule has 21 heavy (non-hydrogen) atoms. The summed E-state index contributed by atoms with van der Waals surface area (Å²) in [4.78, 5) is 21.5. The molecule has 1 aromatic heterocycles. The third kappa shape index (κ3) is 3.53. The second-order valence-electron chi connectivity index (χ2n) is 3.72. The maximum absolute atomic E-state index is 12.2. The van der Waals surface area contributed by atoms with Gasteiger partial charge in [0.1, 0.15) is 10.7 Å². The van der Waals surface area contributed by atoms with Crippen molar-refractivity contribution in [3.63, 3.8) is 0 Å². The Hall–Kier alpha value is -2.97. The molecule has 0 spiro atoms. The normalized spacial score (nSPS) is 10.4. The Morgan fingerprint density at radius 2 is 2.00 bits per heavy atom. The molecule has 9 heteroatoms. The minimum atomic E-state index is -3.05. The van der Waals surface area contributed by atoms with E-state index in [0.29, 0.717) is 0 Å². The van der Waals surface area contributed by atoms with Crippen LogP contribution in [0, 0.1) is 10.1 Å². The van der Waals surface area contributed by atoms with E-state index in [0.717, 1.165) is 12.1 Å². The number of para-hydroxylation sites is 2. The lowest BCUT2D eigenvalue weighted by molar-refractivity contribution is -0.402. The van der Waals surface area contributed by atoms with Gasteiger partial charge in [0.05, 0.1) is 11.8 Å². The highest BCUT2D eigenvalue weighted by molar-refractivity contribution is 6.03. The number of benzene rings is 1. The Kier molecular flexibility index (Phi) is 4.12. The van der Waals surface area contributed by atoms with Crippen LogP contribution in [-0.4, -0.2) is 17.4 Å².